The van der Waals surface area contributed by atoms with E-state index in [1.54, 1.807) is 0 Å². The molecule has 0 saturated carbocycles. The van der Waals surface area contributed by atoms with Gasteiger partial charge < -0.3 is 15.1 Å². The minimum Gasteiger partial charge on any atom is -0.368 e. The second kappa shape index (κ2) is 9.31. The molecule has 0 spiro atoms. The molecule has 1 aliphatic rings. The quantitative estimate of drug-likeness (QED) is 0.749. The first kappa shape index (κ1) is 22.5. The van der Waals surface area contributed by atoms with Gasteiger partial charge >= 0.3 is 0 Å². The van der Waals surface area contributed by atoms with E-state index in [9.17, 15) is 9.59 Å². The van der Waals surface area contributed by atoms with Crippen LogP contribution in [0.4, 0.5) is 10.8 Å². The molecule has 2 heterocycles. The van der Waals surface area contributed by atoms with Crippen molar-refractivity contribution in [2.75, 3.05) is 36.4 Å². The molecule has 7 nitrogen and oxygen atoms in total. The third-order valence-corrected chi connectivity index (χ3v) is 6.52. The topological polar surface area (TPSA) is 78.4 Å². The summed E-state index contributed by atoms with van der Waals surface area (Å²) in [5.74, 6) is -0.214. The van der Waals surface area contributed by atoms with Gasteiger partial charge in [-0.15, -0.1) is 10.2 Å². The summed E-state index contributed by atoms with van der Waals surface area (Å²) in [6.45, 7) is 11.0. The Bertz CT molecular complexity index is 916. The molecule has 162 valence electrons. The molecular formula is C21H28ClN5O2S. The maximum absolute atomic E-state index is 12.5. The van der Waals surface area contributed by atoms with Crippen LogP contribution in [0.3, 0.4) is 0 Å². The predicted molar refractivity (Wildman–Crippen MR) is 121 cm³/mol. The van der Waals surface area contributed by atoms with Gasteiger partial charge in [-0.3, -0.25) is 9.59 Å². The summed E-state index contributed by atoms with van der Waals surface area (Å²) in [5.41, 5.74) is 2.17. The summed E-state index contributed by atoms with van der Waals surface area (Å²) in [7, 11) is 0. The van der Waals surface area contributed by atoms with Crippen molar-refractivity contribution in [2.24, 2.45) is 0 Å². The number of anilines is 2. The predicted octanol–water partition coefficient (Wildman–Crippen LogP) is 3.86. The smallest absolute Gasteiger partial charge is 0.226 e. The van der Waals surface area contributed by atoms with Gasteiger partial charge in [0.05, 0.1) is 0 Å². The number of aryl methyl sites for hydroxylation is 1. The molecule has 30 heavy (non-hydrogen) atoms. The van der Waals surface area contributed by atoms with Gasteiger partial charge in [0.15, 0.2) is 0 Å². The molecule has 0 unspecified atom stereocenters. The van der Waals surface area contributed by atoms with Crippen molar-refractivity contribution >= 4 is 45.6 Å². The Kier molecular flexibility index (Phi) is 6.98. The number of piperazine rings is 1. The number of amides is 2. The number of benzene rings is 1. The van der Waals surface area contributed by atoms with Gasteiger partial charge in [0.2, 0.25) is 16.9 Å². The second-order valence-corrected chi connectivity index (χ2v) is 9.92. The number of carbonyl (C=O) groups excluding carboxylic acids is 2. The van der Waals surface area contributed by atoms with Crippen LogP contribution >= 0.6 is 22.9 Å². The van der Waals surface area contributed by atoms with Crippen LogP contribution in [0.2, 0.25) is 5.02 Å². The molecule has 0 bridgehead atoms. The lowest BCUT2D eigenvalue weighted by Crippen LogP contribution is -2.49. The highest BCUT2D eigenvalue weighted by Crippen LogP contribution is 2.28. The van der Waals surface area contributed by atoms with Gasteiger partial charge in [0.25, 0.3) is 0 Å². The maximum Gasteiger partial charge on any atom is 0.226 e. The van der Waals surface area contributed by atoms with E-state index in [4.69, 9.17) is 11.6 Å². The molecule has 1 aromatic carbocycles. The monoisotopic (exact) mass is 449 g/mol. The molecule has 2 aromatic rings. The fraction of sp³-hybridized carbons (Fsp3) is 0.524. The van der Waals surface area contributed by atoms with Crippen LogP contribution < -0.4 is 10.2 Å². The summed E-state index contributed by atoms with van der Waals surface area (Å²) in [6.07, 6.45) is 0.323. The first-order valence-corrected chi connectivity index (χ1v) is 11.3. The molecule has 1 N–H and O–H groups in total. The molecule has 2 amide bonds. The van der Waals surface area contributed by atoms with E-state index in [2.05, 4.69) is 27.3 Å². The van der Waals surface area contributed by atoms with E-state index in [0.717, 1.165) is 23.8 Å². The molecule has 1 fully saturated rings. The van der Waals surface area contributed by atoms with Crippen LogP contribution in [-0.4, -0.2) is 53.1 Å². The Morgan fingerprint density at radius 1 is 1.13 bits per heavy atom. The highest BCUT2D eigenvalue weighted by Gasteiger charge is 2.23. The first-order chi connectivity index (χ1) is 14.1. The van der Waals surface area contributed by atoms with Crippen molar-refractivity contribution < 1.29 is 9.59 Å². The largest absolute Gasteiger partial charge is 0.368 e. The zero-order valence-corrected chi connectivity index (χ0v) is 19.4. The third-order valence-electron chi connectivity index (χ3n) is 5.02. The molecule has 0 radical (unpaired) electrons. The van der Waals surface area contributed by atoms with Crippen LogP contribution in [0, 0.1) is 6.92 Å². The van der Waals surface area contributed by atoms with Crippen molar-refractivity contribution in [3.63, 3.8) is 0 Å². The van der Waals surface area contributed by atoms with Crippen molar-refractivity contribution in [3.05, 3.63) is 33.8 Å². The first-order valence-electron chi connectivity index (χ1n) is 10.1. The Morgan fingerprint density at radius 3 is 2.47 bits per heavy atom. The second-order valence-electron chi connectivity index (χ2n) is 8.51. The fourth-order valence-corrected chi connectivity index (χ4v) is 4.24. The lowest BCUT2D eigenvalue weighted by molar-refractivity contribution is -0.133. The number of carbonyl (C=O) groups is 2. The Balaban J connectivity index is 1.45. The van der Waals surface area contributed by atoms with Crippen LogP contribution in [-0.2, 0) is 15.0 Å². The normalized spacial score (nSPS) is 14.7. The van der Waals surface area contributed by atoms with Gasteiger partial charge in [0, 0.05) is 55.1 Å². The average Bonchev–Trinajstić information content (AvgIpc) is 3.17. The van der Waals surface area contributed by atoms with E-state index in [1.165, 1.54) is 16.9 Å². The molecule has 1 saturated heterocycles. The van der Waals surface area contributed by atoms with Gasteiger partial charge in [-0.05, 0) is 24.6 Å². The summed E-state index contributed by atoms with van der Waals surface area (Å²) >= 11 is 7.50. The summed E-state index contributed by atoms with van der Waals surface area (Å²) < 4.78 is 0. The standard InChI is InChI=1S/C21H28ClN5O2S/c1-14-5-6-15(22)13-16(14)26-9-11-27(12-10-26)18(29)8-7-17(28)23-20-25-24-19(30-20)21(2,3)4/h5-6,13H,7-12H2,1-4H3,(H,23,25,28). The van der Waals surface area contributed by atoms with E-state index >= 15 is 0 Å². The summed E-state index contributed by atoms with van der Waals surface area (Å²) in [5, 5.41) is 12.9. The fourth-order valence-electron chi connectivity index (χ4n) is 3.26. The minimum absolute atomic E-state index is 0.000241. The van der Waals surface area contributed by atoms with Crippen molar-refractivity contribution in [1.82, 2.24) is 15.1 Å². The highest BCUT2D eigenvalue weighted by molar-refractivity contribution is 7.15. The zero-order valence-electron chi connectivity index (χ0n) is 17.9. The van der Waals surface area contributed by atoms with Crippen LogP contribution in [0.25, 0.3) is 0 Å². The molecule has 1 aromatic heterocycles. The maximum atomic E-state index is 12.5. The SMILES string of the molecule is Cc1ccc(Cl)cc1N1CCN(C(=O)CCC(=O)Nc2nnc(C(C)(C)C)s2)CC1. The molecule has 9 heteroatoms. The molecular weight excluding hydrogens is 422 g/mol. The number of hydrogen-bond donors (Lipinski definition) is 1. The third kappa shape index (κ3) is 5.70. The van der Waals surface area contributed by atoms with Gasteiger partial charge in [0.1, 0.15) is 5.01 Å². The minimum atomic E-state index is -0.215. The summed E-state index contributed by atoms with van der Waals surface area (Å²) in [4.78, 5) is 28.8. The Hall–Kier alpha value is -2.19. The number of rotatable bonds is 5. The van der Waals surface area contributed by atoms with E-state index in [0.29, 0.717) is 23.2 Å². The lowest BCUT2D eigenvalue weighted by atomic mass is 9.98. The van der Waals surface area contributed by atoms with Gasteiger partial charge in [-0.1, -0.05) is 49.8 Å². The van der Waals surface area contributed by atoms with Crippen molar-refractivity contribution in [1.29, 1.82) is 0 Å². The Morgan fingerprint density at radius 2 is 1.83 bits per heavy atom. The van der Waals surface area contributed by atoms with E-state index < -0.39 is 0 Å². The van der Waals surface area contributed by atoms with Gasteiger partial charge in [-0.2, -0.15) is 0 Å². The van der Waals surface area contributed by atoms with Crippen molar-refractivity contribution in [2.45, 2.75) is 46.0 Å². The molecule has 0 atom stereocenters. The van der Waals surface area contributed by atoms with Crippen LogP contribution in [0.1, 0.15) is 44.2 Å². The molecule has 0 aliphatic carbocycles. The zero-order chi connectivity index (χ0) is 21.9. The molecule has 1 aliphatic heterocycles. The number of halogens is 1. The highest BCUT2D eigenvalue weighted by atomic mass is 35.5. The average molecular weight is 450 g/mol. The number of nitrogens with one attached hydrogen (secondary N) is 1. The lowest BCUT2D eigenvalue weighted by Gasteiger charge is -2.37. The molecule has 3 rings (SSSR count). The number of hydrogen-bond acceptors (Lipinski definition) is 6. The van der Waals surface area contributed by atoms with Crippen molar-refractivity contribution in [3.8, 4) is 0 Å². The van der Waals surface area contributed by atoms with E-state index in [-0.39, 0.29) is 30.1 Å². The van der Waals surface area contributed by atoms with Crippen LogP contribution in [0.15, 0.2) is 18.2 Å². The summed E-state index contributed by atoms with van der Waals surface area (Å²) in [6, 6.07) is 5.87. The Labute approximate surface area is 186 Å². The number of aromatic nitrogens is 2. The van der Waals surface area contributed by atoms with Crippen LogP contribution in [0.5, 0.6) is 0 Å². The van der Waals surface area contributed by atoms with E-state index in [1.807, 2.05) is 43.9 Å². The van der Waals surface area contributed by atoms with Gasteiger partial charge in [-0.25, -0.2) is 0 Å². The number of nitrogens with zero attached hydrogens (tertiary/aromatic N) is 4.